The number of fused-ring (bicyclic) bond motifs is 1. The molecular formula is C14H18Cl2N2S. The predicted molar refractivity (Wildman–Crippen MR) is 86.7 cm³/mol. The highest BCUT2D eigenvalue weighted by Crippen LogP contribution is 2.33. The molecule has 0 aliphatic heterocycles. The smallest absolute Gasteiger partial charge is 0.128 e. The average Bonchev–Trinajstić information content (AvgIpc) is 2.77. The number of imidazole rings is 1. The van der Waals surface area contributed by atoms with E-state index >= 15 is 0 Å². The number of halogens is 2. The van der Waals surface area contributed by atoms with Gasteiger partial charge in [0.1, 0.15) is 5.82 Å². The summed E-state index contributed by atoms with van der Waals surface area (Å²) in [4.78, 5) is 4.64. The lowest BCUT2D eigenvalue weighted by Crippen LogP contribution is -2.11. The third-order valence-electron chi connectivity index (χ3n) is 3.22. The molecule has 5 heteroatoms. The number of para-hydroxylation sites is 1. The summed E-state index contributed by atoms with van der Waals surface area (Å²) in [6.07, 6.45) is 3.20. The Kier molecular flexibility index (Phi) is 5.04. The second-order valence-corrected chi connectivity index (χ2v) is 6.74. The van der Waals surface area contributed by atoms with E-state index in [1.165, 1.54) is 0 Å². The van der Waals surface area contributed by atoms with Gasteiger partial charge in [-0.1, -0.05) is 17.7 Å². The van der Waals surface area contributed by atoms with E-state index in [4.69, 9.17) is 23.2 Å². The standard InChI is InChI=1S/C14H18Cl2N2S/c1-9(7-8-19-3)18-13-11(16)5-4-6-12(13)17-14(18)10(2)15/h4-6,9-10H,7-8H2,1-3H3. The summed E-state index contributed by atoms with van der Waals surface area (Å²) in [5.41, 5.74) is 1.92. The SMILES string of the molecule is CSCCC(C)n1c(C(C)Cl)nc2cccc(Cl)c21. The summed E-state index contributed by atoms with van der Waals surface area (Å²) in [6.45, 7) is 4.15. The van der Waals surface area contributed by atoms with Crippen molar-refractivity contribution >= 4 is 46.0 Å². The summed E-state index contributed by atoms with van der Waals surface area (Å²) in [5, 5.41) is 0.616. The first-order valence-electron chi connectivity index (χ1n) is 6.35. The number of benzene rings is 1. The number of nitrogens with zero attached hydrogens (tertiary/aromatic N) is 2. The van der Waals surface area contributed by atoms with Gasteiger partial charge in [0.15, 0.2) is 0 Å². The Morgan fingerprint density at radius 1 is 1.37 bits per heavy atom. The molecule has 104 valence electrons. The molecule has 2 unspecified atom stereocenters. The van der Waals surface area contributed by atoms with Crippen molar-refractivity contribution in [3.05, 3.63) is 29.0 Å². The lowest BCUT2D eigenvalue weighted by atomic mass is 10.2. The zero-order chi connectivity index (χ0) is 14.0. The minimum absolute atomic E-state index is 0.125. The fraction of sp³-hybridized carbons (Fsp3) is 0.500. The second kappa shape index (κ2) is 6.38. The van der Waals surface area contributed by atoms with Crippen molar-refractivity contribution in [3.8, 4) is 0 Å². The molecule has 0 N–H and O–H groups in total. The lowest BCUT2D eigenvalue weighted by Gasteiger charge is -2.18. The van der Waals surface area contributed by atoms with Crippen LogP contribution in [0.4, 0.5) is 0 Å². The monoisotopic (exact) mass is 316 g/mol. The minimum Gasteiger partial charge on any atom is -0.323 e. The molecule has 0 saturated carbocycles. The Labute approximate surface area is 128 Å². The molecule has 2 aromatic rings. The summed E-state index contributed by atoms with van der Waals surface area (Å²) < 4.78 is 2.20. The molecule has 2 rings (SSSR count). The van der Waals surface area contributed by atoms with Crippen molar-refractivity contribution in [1.29, 1.82) is 0 Å². The van der Waals surface area contributed by atoms with Crippen molar-refractivity contribution in [2.75, 3.05) is 12.0 Å². The van der Waals surface area contributed by atoms with Gasteiger partial charge in [-0.2, -0.15) is 11.8 Å². The molecule has 0 spiro atoms. The number of aromatic nitrogens is 2. The molecule has 0 amide bonds. The number of alkyl halides is 1. The van der Waals surface area contributed by atoms with E-state index in [9.17, 15) is 0 Å². The fourth-order valence-electron chi connectivity index (χ4n) is 2.27. The summed E-state index contributed by atoms with van der Waals surface area (Å²) >= 11 is 14.5. The third-order valence-corrected chi connectivity index (χ3v) is 4.37. The van der Waals surface area contributed by atoms with Gasteiger partial charge in [0.2, 0.25) is 0 Å². The maximum absolute atomic E-state index is 6.35. The molecule has 0 aliphatic rings. The first-order chi connectivity index (χ1) is 9.06. The van der Waals surface area contributed by atoms with E-state index in [1.807, 2.05) is 36.9 Å². The molecule has 1 aromatic carbocycles. The number of hydrogen-bond donors (Lipinski definition) is 0. The van der Waals surface area contributed by atoms with E-state index < -0.39 is 0 Å². The van der Waals surface area contributed by atoms with Crippen molar-refractivity contribution in [2.24, 2.45) is 0 Å². The number of rotatable bonds is 5. The molecule has 19 heavy (non-hydrogen) atoms. The van der Waals surface area contributed by atoms with Crippen LogP contribution in [0.2, 0.25) is 5.02 Å². The van der Waals surface area contributed by atoms with E-state index in [2.05, 4.69) is 22.7 Å². The van der Waals surface area contributed by atoms with E-state index in [-0.39, 0.29) is 5.38 Å². The van der Waals surface area contributed by atoms with Gasteiger partial charge >= 0.3 is 0 Å². The van der Waals surface area contributed by atoms with Crippen LogP contribution in [0.25, 0.3) is 11.0 Å². The predicted octanol–water partition coefficient (Wildman–Crippen LogP) is 5.30. The van der Waals surface area contributed by atoms with E-state index in [1.54, 1.807) is 0 Å². The molecule has 0 radical (unpaired) electrons. The molecule has 0 saturated heterocycles. The highest BCUT2D eigenvalue weighted by Gasteiger charge is 2.20. The van der Waals surface area contributed by atoms with Crippen LogP contribution in [0.1, 0.15) is 37.5 Å². The molecule has 0 fully saturated rings. The van der Waals surface area contributed by atoms with Crippen molar-refractivity contribution in [2.45, 2.75) is 31.7 Å². The molecule has 1 aromatic heterocycles. The zero-order valence-corrected chi connectivity index (χ0v) is 13.7. The number of thioether (sulfide) groups is 1. The fourth-order valence-corrected chi connectivity index (χ4v) is 3.26. The van der Waals surface area contributed by atoms with Gasteiger partial charge in [-0.25, -0.2) is 4.98 Å². The van der Waals surface area contributed by atoms with Crippen LogP contribution in [-0.2, 0) is 0 Å². The molecule has 2 atom stereocenters. The van der Waals surface area contributed by atoms with Crippen molar-refractivity contribution in [1.82, 2.24) is 9.55 Å². The topological polar surface area (TPSA) is 17.8 Å². The van der Waals surface area contributed by atoms with Crippen molar-refractivity contribution in [3.63, 3.8) is 0 Å². The van der Waals surface area contributed by atoms with Gasteiger partial charge in [-0.3, -0.25) is 0 Å². The van der Waals surface area contributed by atoms with Crippen LogP contribution < -0.4 is 0 Å². The van der Waals surface area contributed by atoms with Crippen LogP contribution in [0, 0.1) is 0 Å². The zero-order valence-electron chi connectivity index (χ0n) is 11.4. The first kappa shape index (κ1) is 15.0. The molecule has 1 heterocycles. The summed E-state index contributed by atoms with van der Waals surface area (Å²) in [7, 11) is 0. The first-order valence-corrected chi connectivity index (χ1v) is 8.56. The second-order valence-electron chi connectivity index (χ2n) is 4.69. The van der Waals surface area contributed by atoms with Gasteiger partial charge in [-0.05, 0) is 44.4 Å². The Morgan fingerprint density at radius 2 is 2.11 bits per heavy atom. The molecular weight excluding hydrogens is 299 g/mol. The van der Waals surface area contributed by atoms with Crippen LogP contribution in [0.5, 0.6) is 0 Å². The van der Waals surface area contributed by atoms with E-state index in [0.29, 0.717) is 6.04 Å². The number of hydrogen-bond acceptors (Lipinski definition) is 2. The quantitative estimate of drug-likeness (QED) is 0.696. The molecule has 2 nitrogen and oxygen atoms in total. The van der Waals surface area contributed by atoms with E-state index in [0.717, 1.165) is 34.1 Å². The highest BCUT2D eigenvalue weighted by atomic mass is 35.5. The normalized spacial score (nSPS) is 14.8. The molecule has 0 aliphatic carbocycles. The summed E-state index contributed by atoms with van der Waals surface area (Å²) in [5.74, 6) is 2.01. The Morgan fingerprint density at radius 3 is 2.74 bits per heavy atom. The minimum atomic E-state index is -0.125. The van der Waals surface area contributed by atoms with Gasteiger partial charge in [-0.15, -0.1) is 11.6 Å². The van der Waals surface area contributed by atoms with Gasteiger partial charge < -0.3 is 4.57 Å². The lowest BCUT2D eigenvalue weighted by molar-refractivity contribution is 0.526. The van der Waals surface area contributed by atoms with Crippen LogP contribution in [0.15, 0.2) is 18.2 Å². The Bertz CT molecular complexity index is 566. The van der Waals surface area contributed by atoms with Gasteiger partial charge in [0.25, 0.3) is 0 Å². The average molecular weight is 317 g/mol. The van der Waals surface area contributed by atoms with Crippen LogP contribution >= 0.6 is 35.0 Å². The third kappa shape index (κ3) is 3.04. The van der Waals surface area contributed by atoms with Crippen LogP contribution in [-0.4, -0.2) is 21.6 Å². The maximum atomic E-state index is 6.35. The Hall–Kier alpha value is -0.380. The van der Waals surface area contributed by atoms with Crippen LogP contribution in [0.3, 0.4) is 0 Å². The van der Waals surface area contributed by atoms with Crippen molar-refractivity contribution < 1.29 is 0 Å². The maximum Gasteiger partial charge on any atom is 0.128 e. The largest absolute Gasteiger partial charge is 0.323 e. The Balaban J connectivity index is 2.57. The molecule has 0 bridgehead atoms. The summed E-state index contributed by atoms with van der Waals surface area (Å²) in [6, 6.07) is 6.17. The highest BCUT2D eigenvalue weighted by molar-refractivity contribution is 7.98. The van der Waals surface area contributed by atoms with Gasteiger partial charge in [0.05, 0.1) is 21.4 Å². The van der Waals surface area contributed by atoms with Gasteiger partial charge in [0, 0.05) is 6.04 Å².